The Morgan fingerprint density at radius 1 is 0.949 bits per heavy atom. The SMILES string of the molecule is Cc1nc(-c2ccc(-c3ccc(C(=S)N4CCc5cc6c(cc54)C4(CCN(C)CC4)CO6)cc3)c(C)c2)no1. The first-order chi connectivity index (χ1) is 18.9. The van der Waals surface area contributed by atoms with Crippen LogP contribution in [0.1, 0.15) is 41.0 Å². The molecule has 0 N–H and O–H groups in total. The number of likely N-dealkylation sites (tertiary alicyclic amines) is 1. The topological polar surface area (TPSA) is 54.6 Å². The van der Waals surface area contributed by atoms with Crippen LogP contribution in [0.4, 0.5) is 5.69 Å². The van der Waals surface area contributed by atoms with E-state index in [2.05, 4.69) is 82.4 Å². The molecule has 0 aliphatic carbocycles. The van der Waals surface area contributed by atoms with E-state index in [-0.39, 0.29) is 5.41 Å². The molecule has 1 fully saturated rings. The summed E-state index contributed by atoms with van der Waals surface area (Å²) in [6.07, 6.45) is 3.29. The lowest BCUT2D eigenvalue weighted by molar-refractivity contribution is 0.155. The molecule has 7 heteroatoms. The zero-order chi connectivity index (χ0) is 26.7. The van der Waals surface area contributed by atoms with Crippen molar-refractivity contribution >= 4 is 22.9 Å². The highest BCUT2D eigenvalue weighted by Crippen LogP contribution is 2.49. The molecule has 3 aliphatic rings. The van der Waals surface area contributed by atoms with E-state index in [9.17, 15) is 0 Å². The number of ether oxygens (including phenoxy) is 1. The van der Waals surface area contributed by atoms with Crippen molar-refractivity contribution in [3.63, 3.8) is 0 Å². The number of nitrogens with zero attached hydrogens (tertiary/aromatic N) is 4. The van der Waals surface area contributed by atoms with Crippen molar-refractivity contribution in [1.82, 2.24) is 15.0 Å². The Balaban J connectivity index is 1.13. The molecule has 1 aromatic heterocycles. The lowest BCUT2D eigenvalue weighted by Crippen LogP contribution is -2.41. The number of aryl methyl sites for hydroxylation is 2. The van der Waals surface area contributed by atoms with Crippen LogP contribution in [0, 0.1) is 13.8 Å². The molecule has 4 heterocycles. The summed E-state index contributed by atoms with van der Waals surface area (Å²) >= 11 is 6.07. The third-order valence-electron chi connectivity index (χ3n) is 8.80. The van der Waals surface area contributed by atoms with E-state index in [0.717, 1.165) is 78.5 Å². The van der Waals surface area contributed by atoms with Crippen LogP contribution < -0.4 is 9.64 Å². The molecule has 3 aliphatic heterocycles. The predicted molar refractivity (Wildman–Crippen MR) is 158 cm³/mol. The Bertz CT molecular complexity index is 1580. The number of hydrogen-bond donors (Lipinski definition) is 0. The molecular formula is C32H32N4O2S. The quantitative estimate of drug-likeness (QED) is 0.293. The molecule has 39 heavy (non-hydrogen) atoms. The van der Waals surface area contributed by atoms with Gasteiger partial charge in [0, 0.05) is 41.3 Å². The summed E-state index contributed by atoms with van der Waals surface area (Å²) in [5.41, 5.74) is 9.66. The van der Waals surface area contributed by atoms with E-state index >= 15 is 0 Å². The highest BCUT2D eigenvalue weighted by molar-refractivity contribution is 7.81. The minimum absolute atomic E-state index is 0.143. The van der Waals surface area contributed by atoms with Gasteiger partial charge in [-0.1, -0.05) is 53.8 Å². The number of aromatic nitrogens is 2. The summed E-state index contributed by atoms with van der Waals surface area (Å²) in [4.78, 5) is 9.99. The Kier molecular flexibility index (Phi) is 5.83. The number of hydrogen-bond acceptors (Lipinski definition) is 6. The van der Waals surface area contributed by atoms with E-state index in [1.807, 2.05) is 6.07 Å². The van der Waals surface area contributed by atoms with Crippen LogP contribution in [0.3, 0.4) is 0 Å². The Morgan fingerprint density at radius 2 is 1.72 bits per heavy atom. The molecule has 1 spiro atoms. The maximum Gasteiger partial charge on any atom is 0.223 e. The number of piperidine rings is 1. The molecule has 4 aromatic rings. The van der Waals surface area contributed by atoms with Crippen molar-refractivity contribution in [1.29, 1.82) is 0 Å². The van der Waals surface area contributed by atoms with Crippen molar-refractivity contribution in [2.24, 2.45) is 0 Å². The second-order valence-electron chi connectivity index (χ2n) is 11.3. The Hall–Kier alpha value is -3.55. The van der Waals surface area contributed by atoms with Gasteiger partial charge in [0.2, 0.25) is 11.7 Å². The van der Waals surface area contributed by atoms with Gasteiger partial charge in [0.25, 0.3) is 0 Å². The summed E-state index contributed by atoms with van der Waals surface area (Å²) in [5.74, 6) is 2.27. The molecule has 7 rings (SSSR count). The van der Waals surface area contributed by atoms with Crippen LogP contribution in [0.5, 0.6) is 5.75 Å². The van der Waals surface area contributed by atoms with Crippen LogP contribution in [0.25, 0.3) is 22.5 Å². The first-order valence-electron chi connectivity index (χ1n) is 13.7. The number of rotatable bonds is 3. The summed E-state index contributed by atoms with van der Waals surface area (Å²) in [7, 11) is 2.21. The van der Waals surface area contributed by atoms with Gasteiger partial charge in [0.1, 0.15) is 10.7 Å². The molecule has 0 bridgehead atoms. The maximum absolute atomic E-state index is 6.25. The molecule has 3 aromatic carbocycles. The predicted octanol–water partition coefficient (Wildman–Crippen LogP) is 6.11. The Labute approximate surface area is 234 Å². The van der Waals surface area contributed by atoms with Gasteiger partial charge in [-0.25, -0.2) is 0 Å². The van der Waals surface area contributed by atoms with Crippen molar-refractivity contribution in [3.05, 3.63) is 82.7 Å². The number of thiocarbonyl (C=S) groups is 1. The van der Waals surface area contributed by atoms with Gasteiger partial charge < -0.3 is 19.1 Å². The van der Waals surface area contributed by atoms with E-state index in [1.54, 1.807) is 6.92 Å². The van der Waals surface area contributed by atoms with E-state index < -0.39 is 0 Å². The van der Waals surface area contributed by atoms with Crippen molar-refractivity contribution in [2.75, 3.05) is 38.2 Å². The molecule has 0 saturated carbocycles. The van der Waals surface area contributed by atoms with Crippen molar-refractivity contribution in [2.45, 2.75) is 38.5 Å². The van der Waals surface area contributed by atoms with Crippen LogP contribution in [0.15, 0.2) is 59.1 Å². The van der Waals surface area contributed by atoms with E-state index in [0.29, 0.717) is 11.7 Å². The van der Waals surface area contributed by atoms with Crippen LogP contribution in [-0.4, -0.2) is 53.3 Å². The highest BCUT2D eigenvalue weighted by Gasteiger charge is 2.44. The third-order valence-corrected chi connectivity index (χ3v) is 9.25. The van der Waals surface area contributed by atoms with E-state index in [4.69, 9.17) is 21.5 Å². The molecule has 1 saturated heterocycles. The summed E-state index contributed by atoms with van der Waals surface area (Å²) in [6, 6.07) is 19.6. The monoisotopic (exact) mass is 536 g/mol. The van der Waals surface area contributed by atoms with Gasteiger partial charge >= 0.3 is 0 Å². The van der Waals surface area contributed by atoms with Crippen molar-refractivity contribution < 1.29 is 9.26 Å². The minimum atomic E-state index is 0.143. The summed E-state index contributed by atoms with van der Waals surface area (Å²) < 4.78 is 11.4. The first-order valence-corrected chi connectivity index (χ1v) is 14.1. The minimum Gasteiger partial charge on any atom is -0.492 e. The zero-order valence-electron chi connectivity index (χ0n) is 22.7. The smallest absolute Gasteiger partial charge is 0.223 e. The maximum atomic E-state index is 6.25. The molecule has 0 atom stereocenters. The fourth-order valence-electron chi connectivity index (χ4n) is 6.40. The van der Waals surface area contributed by atoms with Gasteiger partial charge in [-0.15, -0.1) is 0 Å². The molecule has 0 radical (unpaired) electrons. The van der Waals surface area contributed by atoms with Crippen LogP contribution in [-0.2, 0) is 11.8 Å². The van der Waals surface area contributed by atoms with Gasteiger partial charge in [-0.05, 0) is 86.8 Å². The second-order valence-corrected chi connectivity index (χ2v) is 11.7. The fourth-order valence-corrected chi connectivity index (χ4v) is 6.73. The lowest BCUT2D eigenvalue weighted by Gasteiger charge is -2.37. The van der Waals surface area contributed by atoms with Gasteiger partial charge in [0.05, 0.1) is 6.61 Å². The summed E-state index contributed by atoms with van der Waals surface area (Å²) in [5, 5.41) is 4.05. The van der Waals surface area contributed by atoms with Crippen LogP contribution >= 0.6 is 12.2 Å². The van der Waals surface area contributed by atoms with E-state index in [1.165, 1.54) is 22.4 Å². The number of benzene rings is 3. The molecule has 198 valence electrons. The normalized spacial score (nSPS) is 17.8. The average molecular weight is 537 g/mol. The average Bonchev–Trinajstić information content (AvgIpc) is 3.66. The number of anilines is 1. The van der Waals surface area contributed by atoms with Gasteiger partial charge in [-0.2, -0.15) is 4.98 Å². The molecule has 0 amide bonds. The molecule has 0 unspecified atom stereocenters. The number of fused-ring (bicyclic) bond motifs is 3. The molecule has 6 nitrogen and oxygen atoms in total. The zero-order valence-corrected chi connectivity index (χ0v) is 23.5. The first kappa shape index (κ1) is 24.5. The highest BCUT2D eigenvalue weighted by atomic mass is 32.1. The van der Waals surface area contributed by atoms with Gasteiger partial charge in [0.15, 0.2) is 0 Å². The lowest BCUT2D eigenvalue weighted by atomic mass is 9.74. The molecular weight excluding hydrogens is 504 g/mol. The van der Waals surface area contributed by atoms with Crippen LogP contribution in [0.2, 0.25) is 0 Å². The van der Waals surface area contributed by atoms with Crippen molar-refractivity contribution in [3.8, 4) is 28.3 Å². The third kappa shape index (κ3) is 4.15. The summed E-state index contributed by atoms with van der Waals surface area (Å²) in [6.45, 7) is 7.87. The standard InChI is InChI=1S/C32H32N4O2S/c1-20-16-25(30-33-21(2)38-34-30)8-9-26(20)22-4-6-23(7-5-22)31(39)36-13-10-24-17-29-27(18-28(24)36)32(19-37-29)11-14-35(3)15-12-32/h4-9,16-18H,10-15,19H2,1-3H3. The fraction of sp³-hybridized carbons (Fsp3) is 0.344. The largest absolute Gasteiger partial charge is 0.492 e. The van der Waals surface area contributed by atoms with Gasteiger partial charge in [-0.3, -0.25) is 0 Å². The Morgan fingerprint density at radius 3 is 2.44 bits per heavy atom. The second kappa shape index (κ2) is 9.28.